The van der Waals surface area contributed by atoms with E-state index in [1.807, 2.05) is 13.8 Å². The van der Waals surface area contributed by atoms with E-state index in [0.717, 1.165) is 62.8 Å². The molecule has 3 aromatic carbocycles. The highest BCUT2D eigenvalue weighted by atomic mass is 19.1. The fourth-order valence-electron chi connectivity index (χ4n) is 6.70. The summed E-state index contributed by atoms with van der Waals surface area (Å²) < 4.78 is 57.4. The second kappa shape index (κ2) is 34.5. The molecule has 5 atom stereocenters. The Kier molecular flexibility index (Phi) is 30.5. The van der Waals surface area contributed by atoms with Crippen molar-refractivity contribution >= 4 is 23.9 Å². The molecule has 0 heterocycles. The van der Waals surface area contributed by atoms with Crippen LogP contribution in [0.4, 0.5) is 13.2 Å². The summed E-state index contributed by atoms with van der Waals surface area (Å²) in [5, 5.41) is 43.6. The Bertz CT molecular complexity index is 1990. The molecule has 4 unspecified atom stereocenters. The summed E-state index contributed by atoms with van der Waals surface area (Å²) in [7, 11) is 0. The summed E-state index contributed by atoms with van der Waals surface area (Å²) in [5.41, 5.74) is -0.450. The van der Waals surface area contributed by atoms with Crippen LogP contribution >= 0.6 is 0 Å². The van der Waals surface area contributed by atoms with E-state index in [9.17, 15) is 32.3 Å². The van der Waals surface area contributed by atoms with Crippen LogP contribution in [0, 0.1) is 5.82 Å². The summed E-state index contributed by atoms with van der Waals surface area (Å²) in [6.45, 7) is 12.3. The number of carbonyl (C=O) groups is 4. The van der Waals surface area contributed by atoms with E-state index in [4.69, 9.17) is 39.7 Å². The van der Waals surface area contributed by atoms with Gasteiger partial charge in [0.25, 0.3) is 0 Å². The monoisotopic (exact) mass is 959 g/mol. The molecule has 3 aromatic rings. The van der Waals surface area contributed by atoms with Crippen molar-refractivity contribution in [2.45, 2.75) is 175 Å². The Labute approximate surface area is 399 Å². The number of aliphatic carboxylic acids is 2. The molecule has 5 N–H and O–H groups in total. The minimum Gasteiger partial charge on any atom is -0.495 e. The molecule has 0 spiro atoms. The summed E-state index contributed by atoms with van der Waals surface area (Å²) in [4.78, 5) is 42.3. The maximum Gasteiger partial charge on any atom is 0.338 e. The SMILES string of the molecule is CCCCCCC(C)OC1=CC(F)=C(C(=O)O)C(F)C1.CCCCCCC(C)Oc1ccc(C(=O)O)c(F)c1.CCCCCCC(C)Oc1ccc(C(=O)O)cc1.O=C(O)[C@H](O)c1ccccc1. The minimum absolute atomic E-state index is 0.00642. The van der Waals surface area contributed by atoms with Gasteiger partial charge in [0.1, 0.15) is 40.6 Å². The zero-order valence-corrected chi connectivity index (χ0v) is 40.4. The zero-order chi connectivity index (χ0) is 51.0. The third kappa shape index (κ3) is 25.3. The quantitative estimate of drug-likeness (QED) is 0.0478. The van der Waals surface area contributed by atoms with Gasteiger partial charge in [-0.05, 0) is 101 Å². The Hall–Kier alpha value is -5.83. The van der Waals surface area contributed by atoms with E-state index in [1.54, 1.807) is 54.6 Å². The lowest BCUT2D eigenvalue weighted by molar-refractivity contribution is -0.147. The molecule has 0 aliphatic heterocycles. The number of aliphatic hydroxyl groups excluding tert-OH is 1. The molecule has 378 valence electrons. The first-order valence-corrected chi connectivity index (χ1v) is 23.6. The second-order valence-corrected chi connectivity index (χ2v) is 16.6. The largest absolute Gasteiger partial charge is 0.495 e. The molecule has 68 heavy (non-hydrogen) atoms. The summed E-state index contributed by atoms with van der Waals surface area (Å²) in [6.07, 6.45) is 14.4. The van der Waals surface area contributed by atoms with Gasteiger partial charge in [-0.15, -0.1) is 0 Å². The summed E-state index contributed by atoms with van der Waals surface area (Å²) in [5.74, 6) is -5.47. The van der Waals surface area contributed by atoms with Crippen molar-refractivity contribution in [1.82, 2.24) is 0 Å². The van der Waals surface area contributed by atoms with Crippen molar-refractivity contribution in [2.75, 3.05) is 0 Å². The Morgan fingerprint density at radius 1 is 0.603 bits per heavy atom. The van der Waals surface area contributed by atoms with Gasteiger partial charge in [-0.1, -0.05) is 109 Å². The molecular formula is C53H73F3O12. The van der Waals surface area contributed by atoms with Gasteiger partial charge in [-0.25, -0.2) is 32.3 Å². The van der Waals surface area contributed by atoms with E-state index in [1.165, 1.54) is 63.5 Å². The van der Waals surface area contributed by atoms with E-state index in [-0.39, 0.29) is 41.6 Å². The molecule has 0 aromatic heterocycles. The molecule has 0 saturated carbocycles. The Morgan fingerprint density at radius 2 is 1.07 bits per heavy atom. The van der Waals surface area contributed by atoms with E-state index in [2.05, 4.69) is 27.7 Å². The van der Waals surface area contributed by atoms with Crippen LogP contribution in [0.3, 0.4) is 0 Å². The highest BCUT2D eigenvalue weighted by Crippen LogP contribution is 2.30. The van der Waals surface area contributed by atoms with Crippen LogP contribution in [0.5, 0.6) is 11.5 Å². The number of unbranched alkanes of at least 4 members (excludes halogenated alkanes) is 9. The summed E-state index contributed by atoms with van der Waals surface area (Å²) >= 11 is 0. The number of allylic oxidation sites excluding steroid dienone is 3. The Balaban J connectivity index is 0.000000462. The number of carboxylic acid groups (broad SMARTS) is 4. The molecule has 0 fully saturated rings. The number of alkyl halides is 1. The highest BCUT2D eigenvalue weighted by Gasteiger charge is 2.30. The second-order valence-electron chi connectivity index (χ2n) is 16.6. The number of halogens is 3. The smallest absolute Gasteiger partial charge is 0.338 e. The van der Waals surface area contributed by atoms with Gasteiger partial charge < -0.3 is 39.7 Å². The summed E-state index contributed by atoms with van der Waals surface area (Å²) in [6, 6.07) is 18.7. The zero-order valence-electron chi connectivity index (χ0n) is 40.4. The number of benzene rings is 3. The van der Waals surface area contributed by atoms with Gasteiger partial charge in [0.15, 0.2) is 6.10 Å². The van der Waals surface area contributed by atoms with Crippen molar-refractivity contribution in [3.8, 4) is 11.5 Å². The van der Waals surface area contributed by atoms with Crippen LogP contribution in [0.15, 0.2) is 96.0 Å². The van der Waals surface area contributed by atoms with Crippen molar-refractivity contribution in [3.05, 3.63) is 119 Å². The number of hydrogen-bond acceptors (Lipinski definition) is 8. The number of carboxylic acids is 4. The maximum absolute atomic E-state index is 13.6. The maximum atomic E-state index is 13.6. The van der Waals surface area contributed by atoms with Crippen LogP contribution in [0.2, 0.25) is 0 Å². The number of ether oxygens (including phenoxy) is 3. The molecule has 1 aliphatic carbocycles. The van der Waals surface area contributed by atoms with Crippen molar-refractivity contribution in [2.24, 2.45) is 0 Å². The number of hydrogen-bond donors (Lipinski definition) is 5. The van der Waals surface area contributed by atoms with Crippen LogP contribution in [-0.4, -0.2) is 73.9 Å². The van der Waals surface area contributed by atoms with Crippen molar-refractivity contribution in [3.63, 3.8) is 0 Å². The molecule has 0 saturated heterocycles. The van der Waals surface area contributed by atoms with Gasteiger partial charge in [0, 0.05) is 18.6 Å². The van der Waals surface area contributed by atoms with Gasteiger partial charge in [0.2, 0.25) is 0 Å². The number of aliphatic hydroxyl groups is 1. The van der Waals surface area contributed by atoms with Gasteiger partial charge >= 0.3 is 23.9 Å². The van der Waals surface area contributed by atoms with Gasteiger partial charge in [-0.3, -0.25) is 0 Å². The first kappa shape index (κ1) is 60.2. The normalized spacial score (nSPS) is 14.7. The van der Waals surface area contributed by atoms with E-state index >= 15 is 0 Å². The third-order valence-corrected chi connectivity index (χ3v) is 10.5. The first-order chi connectivity index (χ1) is 32.3. The van der Waals surface area contributed by atoms with Crippen LogP contribution in [0.1, 0.15) is 177 Å². The fraction of sp³-hybridized carbons (Fsp3) is 0.509. The van der Waals surface area contributed by atoms with Crippen molar-refractivity contribution < 1.29 is 72.1 Å². The van der Waals surface area contributed by atoms with E-state index < -0.39 is 53.4 Å². The van der Waals surface area contributed by atoms with Crippen LogP contribution < -0.4 is 9.47 Å². The first-order valence-electron chi connectivity index (χ1n) is 23.6. The Morgan fingerprint density at radius 3 is 1.49 bits per heavy atom. The number of rotatable bonds is 26. The molecule has 1 aliphatic rings. The lowest BCUT2D eigenvalue weighted by atomic mass is 10.0. The average molecular weight is 959 g/mol. The highest BCUT2D eigenvalue weighted by molar-refractivity contribution is 5.89. The van der Waals surface area contributed by atoms with Gasteiger partial charge in [0.05, 0.1) is 29.4 Å². The minimum atomic E-state index is -1.85. The predicted octanol–water partition coefficient (Wildman–Crippen LogP) is 13.5. The molecule has 12 nitrogen and oxygen atoms in total. The lowest BCUT2D eigenvalue weighted by Crippen LogP contribution is -2.21. The van der Waals surface area contributed by atoms with Crippen LogP contribution in [0.25, 0.3) is 0 Å². The molecular weight excluding hydrogens is 886 g/mol. The predicted molar refractivity (Wildman–Crippen MR) is 256 cm³/mol. The van der Waals surface area contributed by atoms with Crippen LogP contribution in [-0.2, 0) is 14.3 Å². The fourth-order valence-corrected chi connectivity index (χ4v) is 6.70. The van der Waals surface area contributed by atoms with E-state index in [0.29, 0.717) is 11.3 Å². The number of aromatic carboxylic acids is 2. The molecule has 0 bridgehead atoms. The lowest BCUT2D eigenvalue weighted by Gasteiger charge is -2.22. The average Bonchev–Trinajstić information content (AvgIpc) is 3.28. The molecule has 15 heteroatoms. The topological polar surface area (TPSA) is 197 Å². The van der Waals surface area contributed by atoms with Crippen molar-refractivity contribution in [1.29, 1.82) is 0 Å². The standard InChI is InChI=1S/C15H22F2O3.C15H21FO3.C15H22O3.C8H8O3/c1-3-4-5-6-7-10(2)20-11-8-12(16)14(15(18)19)13(17)9-11;1-3-4-5-6-7-11(2)19-12-8-9-13(15(17)18)14(16)10-12;1-3-4-5-6-7-12(2)18-14-10-8-13(9-11-14)15(16)17;9-7(8(10)11)6-4-2-1-3-5-6/h8,10,13H,3-7,9H2,1-2H3,(H,18,19);8-11H,3-7H2,1-2H3,(H,17,18);8-12H,3-7H2,1-2H3,(H,16,17);1-5,7,9H,(H,10,11)/t;;;7-/m...1/s1. The molecule has 4 rings (SSSR count). The molecule has 0 radical (unpaired) electrons. The third-order valence-electron chi connectivity index (χ3n) is 10.5. The molecule has 0 amide bonds. The van der Waals surface area contributed by atoms with Gasteiger partial charge in [-0.2, -0.15) is 0 Å².